The maximum absolute atomic E-state index is 12.5. The van der Waals surface area contributed by atoms with E-state index < -0.39 is 0 Å². The van der Waals surface area contributed by atoms with Crippen molar-refractivity contribution in [1.82, 2.24) is 4.90 Å². The van der Waals surface area contributed by atoms with Crippen LogP contribution >= 0.6 is 0 Å². The second kappa shape index (κ2) is 4.61. The summed E-state index contributed by atoms with van der Waals surface area (Å²) in [6.07, 6.45) is 1.03. The molecule has 2 heterocycles. The molecule has 1 amide bonds. The van der Waals surface area contributed by atoms with Gasteiger partial charge in [0.15, 0.2) is 0 Å². The van der Waals surface area contributed by atoms with Gasteiger partial charge in [0.05, 0.1) is 0 Å². The number of carbonyl (C=O) groups excluding carboxylic acids is 1. The molecule has 2 N–H and O–H groups in total. The monoisotopic (exact) mass is 246 g/mol. The molecular formula is C14H18N2O2. The zero-order valence-electron chi connectivity index (χ0n) is 10.3. The molecule has 1 saturated heterocycles. The van der Waals surface area contributed by atoms with E-state index in [0.717, 1.165) is 30.8 Å². The van der Waals surface area contributed by atoms with Crippen LogP contribution in [0.15, 0.2) is 24.3 Å². The number of hydrogen-bond acceptors (Lipinski definition) is 3. The normalized spacial score (nSPS) is 25.9. The van der Waals surface area contributed by atoms with Crippen molar-refractivity contribution in [3.63, 3.8) is 0 Å². The number of hydrogen-bond donors (Lipinski definition) is 1. The van der Waals surface area contributed by atoms with Crippen LogP contribution in [-0.4, -0.2) is 37.0 Å². The zero-order valence-corrected chi connectivity index (χ0v) is 10.3. The van der Waals surface area contributed by atoms with Crippen LogP contribution in [0.4, 0.5) is 0 Å². The molecule has 1 aromatic carbocycles. The Balaban J connectivity index is 1.75. The second-order valence-electron chi connectivity index (χ2n) is 5.08. The summed E-state index contributed by atoms with van der Waals surface area (Å²) in [5.74, 6) is 1.38. The largest absolute Gasteiger partial charge is 0.492 e. The van der Waals surface area contributed by atoms with Crippen LogP contribution in [0.5, 0.6) is 5.75 Å². The molecule has 2 aliphatic rings. The fourth-order valence-corrected chi connectivity index (χ4v) is 2.81. The third-order valence-electron chi connectivity index (χ3n) is 3.93. The first-order valence-electron chi connectivity index (χ1n) is 6.50. The predicted molar refractivity (Wildman–Crippen MR) is 68.4 cm³/mol. The van der Waals surface area contributed by atoms with Crippen LogP contribution in [-0.2, 0) is 4.79 Å². The lowest BCUT2D eigenvalue weighted by atomic mass is 10.00. The maximum Gasteiger partial charge on any atom is 0.233 e. The standard InChI is InChI=1S/C14H18N2O2/c15-7-10-5-6-16(8-10)14(17)12-9-18-13-4-2-1-3-11(12)13/h1-4,10,12H,5-9,15H2/t10-,12+/m1/s1. The van der Waals surface area contributed by atoms with Crippen LogP contribution in [0.3, 0.4) is 0 Å². The van der Waals surface area contributed by atoms with Crippen LogP contribution < -0.4 is 10.5 Å². The van der Waals surface area contributed by atoms with E-state index in [4.69, 9.17) is 10.5 Å². The van der Waals surface area contributed by atoms with Gasteiger partial charge in [-0.05, 0) is 24.9 Å². The van der Waals surface area contributed by atoms with Gasteiger partial charge in [-0.25, -0.2) is 0 Å². The number of carbonyl (C=O) groups is 1. The smallest absolute Gasteiger partial charge is 0.233 e. The van der Waals surface area contributed by atoms with Gasteiger partial charge in [0.1, 0.15) is 18.3 Å². The van der Waals surface area contributed by atoms with Crippen LogP contribution in [0.25, 0.3) is 0 Å². The summed E-state index contributed by atoms with van der Waals surface area (Å²) >= 11 is 0. The first-order valence-corrected chi connectivity index (χ1v) is 6.50. The van der Waals surface area contributed by atoms with Crippen molar-refractivity contribution >= 4 is 5.91 Å². The van der Waals surface area contributed by atoms with Crippen molar-refractivity contribution in [3.8, 4) is 5.75 Å². The maximum atomic E-state index is 12.5. The van der Waals surface area contributed by atoms with E-state index in [9.17, 15) is 4.79 Å². The first-order chi connectivity index (χ1) is 8.79. The average molecular weight is 246 g/mol. The molecule has 4 heteroatoms. The van der Waals surface area contributed by atoms with Gasteiger partial charge in [-0.1, -0.05) is 18.2 Å². The van der Waals surface area contributed by atoms with Gasteiger partial charge < -0.3 is 15.4 Å². The number of amides is 1. The summed E-state index contributed by atoms with van der Waals surface area (Å²) in [6, 6.07) is 7.81. The van der Waals surface area contributed by atoms with Gasteiger partial charge in [0.25, 0.3) is 0 Å². The Morgan fingerprint density at radius 3 is 3.06 bits per heavy atom. The van der Waals surface area contributed by atoms with E-state index in [0.29, 0.717) is 19.1 Å². The molecule has 4 nitrogen and oxygen atoms in total. The minimum absolute atomic E-state index is 0.127. The lowest BCUT2D eigenvalue weighted by Gasteiger charge is -2.19. The quantitative estimate of drug-likeness (QED) is 0.846. The van der Waals surface area contributed by atoms with Crippen molar-refractivity contribution in [1.29, 1.82) is 0 Å². The van der Waals surface area contributed by atoms with Crippen molar-refractivity contribution in [2.24, 2.45) is 11.7 Å². The van der Waals surface area contributed by atoms with E-state index in [1.807, 2.05) is 29.2 Å². The number of ether oxygens (including phenoxy) is 1. The third-order valence-corrected chi connectivity index (χ3v) is 3.93. The van der Waals surface area contributed by atoms with Crippen molar-refractivity contribution in [2.75, 3.05) is 26.2 Å². The highest BCUT2D eigenvalue weighted by atomic mass is 16.5. The number of nitrogens with two attached hydrogens (primary N) is 1. The molecule has 0 aliphatic carbocycles. The Morgan fingerprint density at radius 1 is 1.44 bits per heavy atom. The zero-order chi connectivity index (χ0) is 12.5. The Bertz CT molecular complexity index is 461. The number of benzene rings is 1. The summed E-state index contributed by atoms with van der Waals surface area (Å²) in [6.45, 7) is 2.77. The molecule has 1 fully saturated rings. The molecule has 0 spiro atoms. The van der Waals surface area contributed by atoms with Gasteiger partial charge in [0.2, 0.25) is 5.91 Å². The van der Waals surface area contributed by atoms with Gasteiger partial charge in [-0.3, -0.25) is 4.79 Å². The summed E-state index contributed by atoms with van der Waals surface area (Å²) in [5, 5.41) is 0. The SMILES string of the molecule is NC[C@H]1CCN(C(=O)[C@H]2COc3ccccc32)C1. The molecule has 0 bridgehead atoms. The number of fused-ring (bicyclic) bond motifs is 1. The molecule has 18 heavy (non-hydrogen) atoms. The topological polar surface area (TPSA) is 55.6 Å². The molecule has 0 unspecified atom stereocenters. The number of rotatable bonds is 2. The number of likely N-dealkylation sites (tertiary alicyclic amines) is 1. The van der Waals surface area contributed by atoms with E-state index >= 15 is 0 Å². The molecule has 1 aromatic rings. The van der Waals surface area contributed by atoms with Gasteiger partial charge in [0, 0.05) is 18.7 Å². The fraction of sp³-hybridized carbons (Fsp3) is 0.500. The van der Waals surface area contributed by atoms with E-state index in [1.54, 1.807) is 0 Å². The number of nitrogens with zero attached hydrogens (tertiary/aromatic N) is 1. The molecule has 0 radical (unpaired) electrons. The minimum atomic E-state index is -0.127. The van der Waals surface area contributed by atoms with Gasteiger partial charge in [-0.2, -0.15) is 0 Å². The van der Waals surface area contributed by atoms with Crippen LogP contribution in [0.2, 0.25) is 0 Å². The van der Waals surface area contributed by atoms with E-state index in [1.165, 1.54) is 0 Å². The highest BCUT2D eigenvalue weighted by molar-refractivity contribution is 5.85. The second-order valence-corrected chi connectivity index (χ2v) is 5.08. The van der Waals surface area contributed by atoms with E-state index in [-0.39, 0.29) is 11.8 Å². The Labute approximate surface area is 107 Å². The summed E-state index contributed by atoms with van der Waals surface area (Å²) in [7, 11) is 0. The molecule has 0 aromatic heterocycles. The minimum Gasteiger partial charge on any atom is -0.492 e. The van der Waals surface area contributed by atoms with Crippen molar-refractivity contribution in [2.45, 2.75) is 12.3 Å². The van der Waals surface area contributed by atoms with Crippen molar-refractivity contribution in [3.05, 3.63) is 29.8 Å². The third kappa shape index (κ3) is 1.86. The summed E-state index contributed by atoms with van der Waals surface area (Å²) < 4.78 is 5.57. The lowest BCUT2D eigenvalue weighted by molar-refractivity contribution is -0.132. The summed E-state index contributed by atoms with van der Waals surface area (Å²) in [5.41, 5.74) is 6.69. The Kier molecular flexibility index (Phi) is 2.96. The molecule has 0 saturated carbocycles. The molecule has 96 valence electrons. The van der Waals surface area contributed by atoms with Gasteiger partial charge >= 0.3 is 0 Å². The lowest BCUT2D eigenvalue weighted by Crippen LogP contribution is -2.34. The molecule has 2 atom stereocenters. The number of para-hydroxylation sites is 1. The molecule has 3 rings (SSSR count). The summed E-state index contributed by atoms with van der Waals surface area (Å²) in [4.78, 5) is 14.4. The van der Waals surface area contributed by atoms with E-state index in [2.05, 4.69) is 0 Å². The highest BCUT2D eigenvalue weighted by Gasteiger charge is 2.35. The van der Waals surface area contributed by atoms with Crippen molar-refractivity contribution < 1.29 is 9.53 Å². The van der Waals surface area contributed by atoms with Crippen LogP contribution in [0.1, 0.15) is 17.9 Å². The van der Waals surface area contributed by atoms with Crippen LogP contribution in [0, 0.1) is 5.92 Å². The highest BCUT2D eigenvalue weighted by Crippen LogP contribution is 2.35. The molecule has 2 aliphatic heterocycles. The Morgan fingerprint density at radius 2 is 2.28 bits per heavy atom. The van der Waals surface area contributed by atoms with Gasteiger partial charge in [-0.15, -0.1) is 0 Å². The average Bonchev–Trinajstić information content (AvgIpc) is 3.04. The molecular weight excluding hydrogens is 228 g/mol. The predicted octanol–water partition coefficient (Wildman–Crippen LogP) is 0.970. The Hall–Kier alpha value is -1.55. The fourth-order valence-electron chi connectivity index (χ4n) is 2.81. The first kappa shape index (κ1) is 11.5.